The highest BCUT2D eigenvalue weighted by Gasteiger charge is 2.35. The van der Waals surface area contributed by atoms with E-state index in [4.69, 9.17) is 0 Å². The number of amides is 1. The fourth-order valence-corrected chi connectivity index (χ4v) is 4.76. The first-order chi connectivity index (χ1) is 13.2. The zero-order valence-electron chi connectivity index (χ0n) is 16.0. The third-order valence-electron chi connectivity index (χ3n) is 4.95. The summed E-state index contributed by atoms with van der Waals surface area (Å²) in [7, 11) is -4.02. The summed E-state index contributed by atoms with van der Waals surface area (Å²) in [6, 6.07) is 3.76. The molecular weight excluding hydrogens is 393 g/mol. The van der Waals surface area contributed by atoms with Crippen LogP contribution < -0.4 is 5.32 Å². The Labute approximate surface area is 164 Å². The van der Waals surface area contributed by atoms with Crippen molar-refractivity contribution in [2.75, 3.05) is 19.6 Å². The zero-order chi connectivity index (χ0) is 20.8. The van der Waals surface area contributed by atoms with Gasteiger partial charge in [-0.05, 0) is 37.5 Å². The van der Waals surface area contributed by atoms with Gasteiger partial charge in [0.2, 0.25) is 15.9 Å². The molecule has 0 bridgehead atoms. The Morgan fingerprint density at radius 3 is 2.46 bits per heavy atom. The van der Waals surface area contributed by atoms with Crippen LogP contribution in [0.15, 0.2) is 29.2 Å². The van der Waals surface area contributed by atoms with E-state index in [1.807, 2.05) is 0 Å². The van der Waals surface area contributed by atoms with Gasteiger partial charge in [0.1, 0.15) is 0 Å². The Morgan fingerprint density at radius 2 is 1.86 bits per heavy atom. The van der Waals surface area contributed by atoms with E-state index in [2.05, 4.69) is 12.2 Å². The zero-order valence-corrected chi connectivity index (χ0v) is 16.8. The molecule has 0 unspecified atom stereocenters. The quantitative estimate of drug-likeness (QED) is 0.651. The van der Waals surface area contributed by atoms with Gasteiger partial charge >= 0.3 is 6.18 Å². The van der Waals surface area contributed by atoms with Crippen molar-refractivity contribution < 1.29 is 26.4 Å². The fraction of sp³-hybridized carbons (Fsp3) is 0.632. The van der Waals surface area contributed by atoms with Crippen molar-refractivity contribution in [3.05, 3.63) is 29.8 Å². The normalized spacial score (nSPS) is 16.9. The minimum absolute atomic E-state index is 0.0763. The van der Waals surface area contributed by atoms with Crippen molar-refractivity contribution in [2.24, 2.45) is 5.92 Å². The number of piperidine rings is 1. The molecule has 0 saturated carbocycles. The smallest absolute Gasteiger partial charge is 0.356 e. The van der Waals surface area contributed by atoms with Crippen LogP contribution in [-0.2, 0) is 21.0 Å². The fourth-order valence-electron chi connectivity index (χ4n) is 3.25. The van der Waals surface area contributed by atoms with Gasteiger partial charge in [0, 0.05) is 25.6 Å². The molecule has 1 aliphatic heterocycles. The van der Waals surface area contributed by atoms with Gasteiger partial charge in [-0.25, -0.2) is 8.42 Å². The van der Waals surface area contributed by atoms with E-state index < -0.39 is 21.8 Å². The van der Waals surface area contributed by atoms with Crippen LogP contribution in [0, 0.1) is 5.92 Å². The van der Waals surface area contributed by atoms with Gasteiger partial charge in [-0.2, -0.15) is 17.5 Å². The third kappa shape index (κ3) is 5.94. The molecule has 1 aliphatic rings. The lowest BCUT2D eigenvalue weighted by molar-refractivity contribution is -0.137. The largest absolute Gasteiger partial charge is 0.416 e. The van der Waals surface area contributed by atoms with Gasteiger partial charge in [-0.3, -0.25) is 4.79 Å². The predicted octanol–water partition coefficient (Wildman–Crippen LogP) is 3.80. The molecule has 1 fully saturated rings. The second kappa shape index (κ2) is 9.73. The second-order valence-electron chi connectivity index (χ2n) is 7.06. The summed E-state index contributed by atoms with van der Waals surface area (Å²) in [6.07, 6.45) is 0.340. The number of benzene rings is 1. The molecule has 1 saturated heterocycles. The summed E-state index contributed by atoms with van der Waals surface area (Å²) < 4.78 is 65.1. The van der Waals surface area contributed by atoms with E-state index in [0.29, 0.717) is 25.5 Å². The summed E-state index contributed by atoms with van der Waals surface area (Å²) >= 11 is 0. The molecule has 28 heavy (non-hydrogen) atoms. The molecular formula is C19H27F3N2O3S. The average Bonchev–Trinajstić information content (AvgIpc) is 2.67. The van der Waals surface area contributed by atoms with Crippen molar-refractivity contribution in [3.8, 4) is 0 Å². The summed E-state index contributed by atoms with van der Waals surface area (Å²) in [4.78, 5) is 11.8. The number of halogens is 3. The van der Waals surface area contributed by atoms with Gasteiger partial charge < -0.3 is 5.32 Å². The van der Waals surface area contributed by atoms with Crippen molar-refractivity contribution in [1.82, 2.24) is 9.62 Å². The Kier molecular flexibility index (Phi) is 7.88. The standard InChI is InChI=1S/C19H27F3N2O3S/c1-2-3-4-5-11-23-18(25)15-9-12-24(13-10-15)28(26,27)17-8-6-7-16(14-17)19(20,21)22/h6-8,14-15H,2-5,9-13H2,1H3,(H,23,25). The number of hydrogen-bond acceptors (Lipinski definition) is 3. The average molecular weight is 420 g/mol. The highest BCUT2D eigenvalue weighted by atomic mass is 32.2. The highest BCUT2D eigenvalue weighted by molar-refractivity contribution is 7.89. The minimum atomic E-state index is -4.60. The second-order valence-corrected chi connectivity index (χ2v) is 8.99. The molecule has 2 rings (SSSR count). The summed E-state index contributed by atoms with van der Waals surface area (Å²) in [5.41, 5.74) is -0.995. The molecule has 0 aliphatic carbocycles. The van der Waals surface area contributed by atoms with Crippen LogP contribution in [0.2, 0.25) is 0 Å². The monoisotopic (exact) mass is 420 g/mol. The number of carbonyl (C=O) groups is 1. The van der Waals surface area contributed by atoms with Gasteiger partial charge in [-0.1, -0.05) is 32.3 Å². The van der Waals surface area contributed by atoms with Crippen molar-refractivity contribution in [2.45, 2.75) is 56.5 Å². The molecule has 0 aromatic heterocycles. The lowest BCUT2D eigenvalue weighted by Gasteiger charge is -2.30. The number of rotatable bonds is 8. The van der Waals surface area contributed by atoms with Crippen molar-refractivity contribution >= 4 is 15.9 Å². The van der Waals surface area contributed by atoms with Crippen LogP contribution in [0.3, 0.4) is 0 Å². The van der Waals surface area contributed by atoms with Crippen LogP contribution in [0.1, 0.15) is 51.0 Å². The Balaban J connectivity index is 1.92. The molecule has 0 spiro atoms. The molecule has 1 amide bonds. The highest BCUT2D eigenvalue weighted by Crippen LogP contribution is 2.32. The van der Waals surface area contributed by atoms with E-state index in [1.54, 1.807) is 0 Å². The predicted molar refractivity (Wildman–Crippen MR) is 100 cm³/mol. The van der Waals surface area contributed by atoms with Crippen LogP contribution >= 0.6 is 0 Å². The topological polar surface area (TPSA) is 66.5 Å². The SMILES string of the molecule is CCCCCCNC(=O)C1CCN(S(=O)(=O)c2cccc(C(F)(F)F)c2)CC1. The molecule has 1 aromatic carbocycles. The van der Waals surface area contributed by atoms with E-state index in [0.717, 1.165) is 42.1 Å². The molecule has 1 aromatic rings. The lowest BCUT2D eigenvalue weighted by Crippen LogP contribution is -2.43. The number of unbranched alkanes of at least 4 members (excludes halogenated alkanes) is 3. The van der Waals surface area contributed by atoms with E-state index in [-0.39, 0.29) is 29.8 Å². The number of sulfonamides is 1. The summed E-state index contributed by atoms with van der Waals surface area (Å²) in [5, 5.41) is 2.89. The first-order valence-corrected chi connectivity index (χ1v) is 11.1. The number of alkyl halides is 3. The number of nitrogens with zero attached hydrogens (tertiary/aromatic N) is 1. The van der Waals surface area contributed by atoms with Crippen molar-refractivity contribution in [3.63, 3.8) is 0 Å². The summed E-state index contributed by atoms with van der Waals surface area (Å²) in [5.74, 6) is -0.341. The maximum atomic E-state index is 12.9. The first kappa shape index (κ1) is 22.7. The Bertz CT molecular complexity index is 758. The molecule has 1 N–H and O–H groups in total. The maximum absolute atomic E-state index is 12.9. The first-order valence-electron chi connectivity index (χ1n) is 9.61. The van der Waals surface area contributed by atoms with Gasteiger partial charge in [0.15, 0.2) is 0 Å². The van der Waals surface area contributed by atoms with Crippen LogP contribution in [0.25, 0.3) is 0 Å². The minimum Gasteiger partial charge on any atom is -0.356 e. The van der Waals surface area contributed by atoms with E-state index >= 15 is 0 Å². The maximum Gasteiger partial charge on any atom is 0.416 e. The van der Waals surface area contributed by atoms with Crippen molar-refractivity contribution in [1.29, 1.82) is 0 Å². The number of nitrogens with one attached hydrogen (secondary N) is 1. The lowest BCUT2D eigenvalue weighted by atomic mass is 9.97. The molecule has 9 heteroatoms. The van der Waals surface area contributed by atoms with Gasteiger partial charge in [-0.15, -0.1) is 0 Å². The van der Waals surface area contributed by atoms with Gasteiger partial charge in [0.05, 0.1) is 10.5 Å². The molecule has 1 heterocycles. The van der Waals surface area contributed by atoms with Crippen LogP contribution in [-0.4, -0.2) is 38.3 Å². The van der Waals surface area contributed by atoms with Crippen LogP contribution in [0.5, 0.6) is 0 Å². The molecule has 0 radical (unpaired) electrons. The molecule has 5 nitrogen and oxygen atoms in total. The Morgan fingerprint density at radius 1 is 1.18 bits per heavy atom. The van der Waals surface area contributed by atoms with Crippen LogP contribution in [0.4, 0.5) is 13.2 Å². The van der Waals surface area contributed by atoms with E-state index in [9.17, 15) is 26.4 Å². The van der Waals surface area contributed by atoms with E-state index in [1.165, 1.54) is 6.07 Å². The number of hydrogen-bond donors (Lipinski definition) is 1. The third-order valence-corrected chi connectivity index (χ3v) is 6.85. The Hall–Kier alpha value is -1.61. The number of carbonyl (C=O) groups excluding carboxylic acids is 1. The van der Waals surface area contributed by atoms with Gasteiger partial charge in [0.25, 0.3) is 0 Å². The molecule has 0 atom stereocenters. The summed E-state index contributed by atoms with van der Waals surface area (Å²) in [6.45, 7) is 2.96. The molecule has 158 valence electrons.